The third kappa shape index (κ3) is 4.66. The third-order valence-corrected chi connectivity index (χ3v) is 5.42. The second-order valence-corrected chi connectivity index (χ2v) is 7.32. The lowest BCUT2D eigenvalue weighted by Crippen LogP contribution is -2.35. The van der Waals surface area contributed by atoms with Crippen LogP contribution in [0.2, 0.25) is 0 Å². The van der Waals surface area contributed by atoms with Gasteiger partial charge in [0.2, 0.25) is 11.8 Å². The molecule has 0 unspecified atom stereocenters. The minimum atomic E-state index is -0.561. The number of methoxy groups -OCH3 is 1. The van der Waals surface area contributed by atoms with E-state index in [1.807, 2.05) is 4.90 Å². The highest BCUT2D eigenvalue weighted by molar-refractivity contribution is 5.98. The smallest absolute Gasteiger partial charge is 0.253 e. The van der Waals surface area contributed by atoms with Crippen LogP contribution >= 0.6 is 0 Å². The topological polar surface area (TPSA) is 87.7 Å². The van der Waals surface area contributed by atoms with Crippen molar-refractivity contribution in [2.75, 3.05) is 24.3 Å². The second kappa shape index (κ2) is 8.52. The van der Waals surface area contributed by atoms with E-state index in [1.54, 1.807) is 31.2 Å². The van der Waals surface area contributed by atoms with E-state index in [2.05, 4.69) is 10.6 Å². The number of carbonyl (C=O) groups excluding carboxylic acids is 3. The van der Waals surface area contributed by atoms with Gasteiger partial charge in [-0.3, -0.25) is 14.4 Å². The molecule has 27 heavy (non-hydrogen) atoms. The molecular formula is C20H27N3O4. The summed E-state index contributed by atoms with van der Waals surface area (Å²) in [4.78, 5) is 38.7. The molecule has 1 aliphatic heterocycles. The van der Waals surface area contributed by atoms with Crippen LogP contribution in [0.1, 0.15) is 39.0 Å². The first-order chi connectivity index (χ1) is 13.0. The fourth-order valence-corrected chi connectivity index (χ4v) is 3.75. The zero-order valence-corrected chi connectivity index (χ0v) is 15.9. The molecule has 2 N–H and O–H groups in total. The minimum absolute atomic E-state index is 0.0802. The van der Waals surface area contributed by atoms with Gasteiger partial charge in [0.25, 0.3) is 5.91 Å². The molecule has 0 spiro atoms. The number of rotatable bonds is 6. The molecule has 7 heteroatoms. The van der Waals surface area contributed by atoms with E-state index in [-0.39, 0.29) is 30.1 Å². The number of nitrogens with zero attached hydrogens (tertiary/aromatic N) is 1. The maximum Gasteiger partial charge on any atom is 0.253 e. The third-order valence-electron chi connectivity index (χ3n) is 5.42. The Morgan fingerprint density at radius 2 is 1.85 bits per heavy atom. The standard InChI is InChI=1S/C20H27N3O4/c1-13(27-2)19(25)21-15-6-5-7-16(11-15)22-20(26)14-10-18(24)23(12-14)17-8-3-4-9-17/h5-7,11,13-14,17H,3-4,8-10,12H2,1-2H3,(H,21,25)(H,22,26)/t13-,14+/m1/s1. The van der Waals surface area contributed by atoms with E-state index >= 15 is 0 Å². The summed E-state index contributed by atoms with van der Waals surface area (Å²) in [5, 5.41) is 5.62. The number of ether oxygens (including phenoxy) is 1. The highest BCUT2D eigenvalue weighted by Crippen LogP contribution is 2.30. The highest BCUT2D eigenvalue weighted by Gasteiger charge is 2.38. The lowest BCUT2D eigenvalue weighted by molar-refractivity contribution is -0.130. The van der Waals surface area contributed by atoms with Crippen LogP contribution in [0, 0.1) is 5.92 Å². The molecule has 0 radical (unpaired) electrons. The molecule has 2 aliphatic rings. The molecule has 2 atom stereocenters. The van der Waals surface area contributed by atoms with Gasteiger partial charge in [-0.05, 0) is 38.0 Å². The van der Waals surface area contributed by atoms with Crippen LogP contribution in [0.25, 0.3) is 0 Å². The van der Waals surface area contributed by atoms with Crippen LogP contribution in [0.4, 0.5) is 11.4 Å². The van der Waals surface area contributed by atoms with Crippen LogP contribution in [0.5, 0.6) is 0 Å². The number of hydrogen-bond donors (Lipinski definition) is 2. The maximum absolute atomic E-state index is 12.6. The average molecular weight is 373 g/mol. The van der Waals surface area contributed by atoms with Crippen LogP contribution in [0.15, 0.2) is 24.3 Å². The molecule has 1 saturated heterocycles. The Hall–Kier alpha value is -2.41. The summed E-state index contributed by atoms with van der Waals surface area (Å²) in [6, 6.07) is 7.27. The lowest BCUT2D eigenvalue weighted by atomic mass is 10.1. The minimum Gasteiger partial charge on any atom is -0.372 e. The quantitative estimate of drug-likeness (QED) is 0.801. The average Bonchev–Trinajstić information content (AvgIpc) is 3.30. The van der Waals surface area contributed by atoms with Crippen molar-refractivity contribution < 1.29 is 19.1 Å². The van der Waals surface area contributed by atoms with Crippen LogP contribution in [0.3, 0.4) is 0 Å². The van der Waals surface area contributed by atoms with Gasteiger partial charge in [0.05, 0.1) is 5.92 Å². The second-order valence-electron chi connectivity index (χ2n) is 7.32. The Labute approximate surface area is 159 Å². The van der Waals surface area contributed by atoms with Crippen molar-refractivity contribution in [3.63, 3.8) is 0 Å². The Bertz CT molecular complexity index is 715. The molecule has 1 aliphatic carbocycles. The fraction of sp³-hybridized carbons (Fsp3) is 0.550. The van der Waals surface area contributed by atoms with Crippen molar-refractivity contribution in [1.29, 1.82) is 0 Å². The molecule has 7 nitrogen and oxygen atoms in total. The molecule has 2 fully saturated rings. The first kappa shape index (κ1) is 19.4. The summed E-state index contributed by atoms with van der Waals surface area (Å²) in [5.41, 5.74) is 1.17. The zero-order valence-electron chi connectivity index (χ0n) is 15.9. The van der Waals surface area contributed by atoms with E-state index in [0.29, 0.717) is 24.0 Å². The van der Waals surface area contributed by atoms with Crippen LogP contribution < -0.4 is 10.6 Å². The van der Waals surface area contributed by atoms with Gasteiger partial charge in [-0.2, -0.15) is 0 Å². The fourth-order valence-electron chi connectivity index (χ4n) is 3.75. The number of likely N-dealkylation sites (tertiary alicyclic amines) is 1. The Morgan fingerprint density at radius 3 is 2.52 bits per heavy atom. The van der Waals surface area contributed by atoms with E-state index < -0.39 is 6.10 Å². The van der Waals surface area contributed by atoms with Crippen LogP contribution in [-0.4, -0.2) is 48.4 Å². The predicted molar refractivity (Wildman–Crippen MR) is 102 cm³/mol. The molecule has 3 amide bonds. The molecule has 3 rings (SSSR count). The van der Waals surface area contributed by atoms with Crippen molar-refractivity contribution in [2.24, 2.45) is 5.92 Å². The number of benzene rings is 1. The van der Waals surface area contributed by atoms with E-state index in [9.17, 15) is 14.4 Å². The molecule has 0 aromatic heterocycles. The zero-order chi connectivity index (χ0) is 19.4. The highest BCUT2D eigenvalue weighted by atomic mass is 16.5. The maximum atomic E-state index is 12.6. The van der Waals surface area contributed by atoms with Gasteiger partial charge in [0.1, 0.15) is 6.10 Å². The molecule has 146 valence electrons. The predicted octanol–water partition coefficient (Wildman–Crippen LogP) is 2.39. The molecule has 1 saturated carbocycles. The van der Waals surface area contributed by atoms with E-state index in [0.717, 1.165) is 25.7 Å². The van der Waals surface area contributed by atoms with E-state index in [1.165, 1.54) is 7.11 Å². The number of amides is 3. The first-order valence-corrected chi connectivity index (χ1v) is 9.52. The monoisotopic (exact) mass is 373 g/mol. The summed E-state index contributed by atoms with van der Waals surface area (Å²) >= 11 is 0. The van der Waals surface area contributed by atoms with Gasteiger partial charge in [0.15, 0.2) is 0 Å². The largest absolute Gasteiger partial charge is 0.372 e. The normalized spacial score (nSPS) is 21.3. The summed E-state index contributed by atoms with van der Waals surface area (Å²) < 4.78 is 4.99. The Balaban J connectivity index is 1.58. The van der Waals surface area contributed by atoms with E-state index in [4.69, 9.17) is 4.74 Å². The number of hydrogen-bond acceptors (Lipinski definition) is 4. The van der Waals surface area contributed by atoms with Gasteiger partial charge in [-0.15, -0.1) is 0 Å². The molecule has 1 aromatic carbocycles. The summed E-state index contributed by atoms with van der Waals surface area (Å²) in [6.07, 6.45) is 4.11. The van der Waals surface area contributed by atoms with Crippen molar-refractivity contribution in [3.05, 3.63) is 24.3 Å². The Morgan fingerprint density at radius 1 is 1.19 bits per heavy atom. The molecule has 1 heterocycles. The van der Waals surface area contributed by atoms with Gasteiger partial charge in [-0.25, -0.2) is 0 Å². The van der Waals surface area contributed by atoms with Gasteiger partial charge < -0.3 is 20.3 Å². The number of carbonyl (C=O) groups is 3. The van der Waals surface area contributed by atoms with Crippen molar-refractivity contribution in [1.82, 2.24) is 4.90 Å². The summed E-state index contributed by atoms with van der Waals surface area (Å²) in [5.74, 6) is -0.659. The van der Waals surface area contributed by atoms with Gasteiger partial charge in [-0.1, -0.05) is 18.9 Å². The number of anilines is 2. The SMILES string of the molecule is CO[C@H](C)C(=O)Nc1cccc(NC(=O)[C@H]2CC(=O)N(C3CCCC3)C2)c1. The van der Waals surface area contributed by atoms with Crippen molar-refractivity contribution in [2.45, 2.75) is 51.2 Å². The van der Waals surface area contributed by atoms with Crippen LogP contribution in [-0.2, 0) is 19.1 Å². The Kier molecular flexibility index (Phi) is 6.11. The molecule has 0 bridgehead atoms. The number of nitrogens with one attached hydrogen (secondary N) is 2. The first-order valence-electron chi connectivity index (χ1n) is 9.52. The van der Waals surface area contributed by atoms with Crippen molar-refractivity contribution >= 4 is 29.1 Å². The van der Waals surface area contributed by atoms with Gasteiger partial charge in [0, 0.05) is 37.5 Å². The lowest BCUT2D eigenvalue weighted by Gasteiger charge is -2.23. The van der Waals surface area contributed by atoms with Crippen molar-refractivity contribution in [3.8, 4) is 0 Å². The molecular weight excluding hydrogens is 346 g/mol. The molecule has 1 aromatic rings. The van der Waals surface area contributed by atoms with Gasteiger partial charge >= 0.3 is 0 Å². The summed E-state index contributed by atoms with van der Waals surface area (Å²) in [6.45, 7) is 2.16. The summed E-state index contributed by atoms with van der Waals surface area (Å²) in [7, 11) is 1.47.